The highest BCUT2D eigenvalue weighted by Crippen LogP contribution is 2.34. The van der Waals surface area contributed by atoms with Crippen LogP contribution in [0.25, 0.3) is 16.7 Å². The molecule has 1 atom stereocenters. The van der Waals surface area contributed by atoms with Crippen molar-refractivity contribution >= 4 is 16.9 Å². The Morgan fingerprint density at radius 2 is 2.08 bits per heavy atom. The van der Waals surface area contributed by atoms with Crippen LogP contribution in [0, 0.1) is 0 Å². The van der Waals surface area contributed by atoms with Crippen LogP contribution in [-0.2, 0) is 0 Å². The molecule has 1 fully saturated rings. The highest BCUT2D eigenvalue weighted by Gasteiger charge is 2.22. The van der Waals surface area contributed by atoms with Gasteiger partial charge in [-0.15, -0.1) is 0 Å². The van der Waals surface area contributed by atoms with Crippen LogP contribution in [0.1, 0.15) is 24.3 Å². The fourth-order valence-electron chi connectivity index (χ4n) is 3.47. The van der Waals surface area contributed by atoms with Crippen molar-refractivity contribution in [3.8, 4) is 11.4 Å². The number of piperidine rings is 1. The van der Waals surface area contributed by atoms with E-state index >= 15 is 0 Å². The minimum absolute atomic E-state index is 0.454. The molecule has 6 nitrogen and oxygen atoms in total. The molecule has 0 radical (unpaired) electrons. The third-order valence-electron chi connectivity index (χ3n) is 4.72. The van der Waals surface area contributed by atoms with Crippen LogP contribution in [0.3, 0.4) is 0 Å². The Bertz CT molecular complexity index is 850. The lowest BCUT2D eigenvalue weighted by Gasteiger charge is -2.22. The van der Waals surface area contributed by atoms with Gasteiger partial charge in [0.15, 0.2) is 5.82 Å². The predicted octanol–water partition coefficient (Wildman–Crippen LogP) is 2.48. The molecule has 6 heteroatoms. The van der Waals surface area contributed by atoms with Crippen molar-refractivity contribution in [3.63, 3.8) is 0 Å². The van der Waals surface area contributed by atoms with E-state index in [4.69, 9.17) is 10.5 Å². The summed E-state index contributed by atoms with van der Waals surface area (Å²) in [6.45, 7) is 2.07. The average molecular weight is 323 g/mol. The van der Waals surface area contributed by atoms with Crippen molar-refractivity contribution in [1.82, 2.24) is 19.9 Å². The van der Waals surface area contributed by atoms with Crippen LogP contribution >= 0.6 is 0 Å². The molecule has 4 rings (SSSR count). The van der Waals surface area contributed by atoms with Gasteiger partial charge >= 0.3 is 0 Å². The zero-order valence-corrected chi connectivity index (χ0v) is 13.7. The summed E-state index contributed by atoms with van der Waals surface area (Å²) in [5.41, 5.74) is 10.3. The molecule has 1 aromatic carbocycles. The second-order valence-electron chi connectivity index (χ2n) is 6.15. The molecule has 0 spiro atoms. The van der Waals surface area contributed by atoms with Gasteiger partial charge < -0.3 is 20.4 Å². The number of nitrogens with zero attached hydrogens (tertiary/aromatic N) is 3. The first-order chi connectivity index (χ1) is 11.8. The normalized spacial score (nSPS) is 18.0. The van der Waals surface area contributed by atoms with E-state index in [1.165, 1.54) is 18.4 Å². The Morgan fingerprint density at radius 3 is 2.79 bits per heavy atom. The Hall–Kier alpha value is -2.60. The molecule has 2 aromatic heterocycles. The molecule has 3 heterocycles. The van der Waals surface area contributed by atoms with Crippen molar-refractivity contribution in [1.29, 1.82) is 0 Å². The van der Waals surface area contributed by atoms with Crippen LogP contribution in [0.15, 0.2) is 36.8 Å². The maximum absolute atomic E-state index is 6.18. The number of fused-ring (bicyclic) bond motifs is 1. The number of benzene rings is 1. The number of rotatable bonds is 3. The number of anilines is 1. The number of nitrogens with one attached hydrogen (secondary N) is 1. The molecule has 124 valence electrons. The van der Waals surface area contributed by atoms with Crippen molar-refractivity contribution < 1.29 is 4.74 Å². The van der Waals surface area contributed by atoms with E-state index in [1.807, 2.05) is 24.3 Å². The molecule has 1 unspecified atom stereocenters. The van der Waals surface area contributed by atoms with Gasteiger partial charge in [-0.25, -0.2) is 9.97 Å². The molecule has 1 saturated heterocycles. The van der Waals surface area contributed by atoms with Gasteiger partial charge in [-0.3, -0.25) is 0 Å². The SMILES string of the molecule is COc1ccc(-n2cc(C3CCCNC3)c3ncnc(N)c32)cc1. The van der Waals surface area contributed by atoms with Gasteiger partial charge in [0.25, 0.3) is 0 Å². The standard InChI is InChI=1S/C18H21N5O/c1-24-14-6-4-13(5-7-14)23-10-15(12-3-2-8-20-9-12)16-17(23)18(19)22-11-21-16/h4-7,10-12,20H,2-3,8-9H2,1H3,(H2,19,21,22). The molecule has 1 aliphatic heterocycles. The zero-order chi connectivity index (χ0) is 16.5. The van der Waals surface area contributed by atoms with Gasteiger partial charge in [-0.2, -0.15) is 0 Å². The summed E-state index contributed by atoms with van der Waals surface area (Å²) in [5.74, 6) is 1.79. The summed E-state index contributed by atoms with van der Waals surface area (Å²) < 4.78 is 7.34. The predicted molar refractivity (Wildman–Crippen MR) is 94.7 cm³/mol. The zero-order valence-electron chi connectivity index (χ0n) is 13.7. The number of aromatic nitrogens is 3. The van der Waals surface area contributed by atoms with E-state index in [0.29, 0.717) is 11.7 Å². The van der Waals surface area contributed by atoms with E-state index < -0.39 is 0 Å². The lowest BCUT2D eigenvalue weighted by Crippen LogP contribution is -2.28. The first-order valence-corrected chi connectivity index (χ1v) is 8.24. The molecular weight excluding hydrogens is 302 g/mol. The topological polar surface area (TPSA) is 78.0 Å². The Morgan fingerprint density at radius 1 is 1.25 bits per heavy atom. The number of nitrogen functional groups attached to an aromatic ring is 1. The van der Waals surface area contributed by atoms with E-state index in [2.05, 4.69) is 26.0 Å². The first-order valence-electron chi connectivity index (χ1n) is 8.24. The van der Waals surface area contributed by atoms with E-state index in [1.54, 1.807) is 13.4 Å². The Balaban J connectivity index is 1.87. The highest BCUT2D eigenvalue weighted by atomic mass is 16.5. The number of nitrogens with two attached hydrogens (primary N) is 1. The molecule has 3 N–H and O–H groups in total. The second kappa shape index (κ2) is 6.13. The molecular formula is C18H21N5O. The van der Waals surface area contributed by atoms with Crippen LogP contribution in [0.2, 0.25) is 0 Å². The van der Waals surface area contributed by atoms with E-state index in [-0.39, 0.29) is 0 Å². The summed E-state index contributed by atoms with van der Waals surface area (Å²) in [6.07, 6.45) is 6.06. The van der Waals surface area contributed by atoms with Crippen molar-refractivity contribution in [2.45, 2.75) is 18.8 Å². The number of hydrogen-bond acceptors (Lipinski definition) is 5. The molecule has 0 aliphatic carbocycles. The minimum Gasteiger partial charge on any atom is -0.497 e. The maximum atomic E-state index is 6.18. The number of methoxy groups -OCH3 is 1. The van der Waals surface area contributed by atoms with E-state index in [0.717, 1.165) is 35.6 Å². The lowest BCUT2D eigenvalue weighted by molar-refractivity contribution is 0.415. The molecule has 24 heavy (non-hydrogen) atoms. The third kappa shape index (κ3) is 2.49. The van der Waals surface area contributed by atoms with Gasteiger partial charge in [-0.05, 0) is 43.7 Å². The van der Waals surface area contributed by atoms with Crippen molar-refractivity contribution in [3.05, 3.63) is 42.4 Å². The average Bonchev–Trinajstić information content (AvgIpc) is 3.04. The second-order valence-corrected chi connectivity index (χ2v) is 6.15. The summed E-state index contributed by atoms with van der Waals surface area (Å²) in [5, 5.41) is 3.48. The summed E-state index contributed by atoms with van der Waals surface area (Å²) in [7, 11) is 1.67. The molecule has 0 bridgehead atoms. The largest absolute Gasteiger partial charge is 0.497 e. The Kier molecular flexibility index (Phi) is 3.82. The van der Waals surface area contributed by atoms with Crippen LogP contribution in [0.4, 0.5) is 5.82 Å². The van der Waals surface area contributed by atoms with E-state index in [9.17, 15) is 0 Å². The van der Waals surface area contributed by atoms with Gasteiger partial charge in [-0.1, -0.05) is 0 Å². The van der Waals surface area contributed by atoms with Crippen molar-refractivity contribution in [2.24, 2.45) is 0 Å². The summed E-state index contributed by atoms with van der Waals surface area (Å²) in [6, 6.07) is 7.94. The van der Waals surface area contributed by atoms with Gasteiger partial charge in [0.05, 0.1) is 12.6 Å². The summed E-state index contributed by atoms with van der Waals surface area (Å²) >= 11 is 0. The molecule has 0 amide bonds. The molecule has 1 aliphatic rings. The fourth-order valence-corrected chi connectivity index (χ4v) is 3.47. The monoisotopic (exact) mass is 323 g/mol. The van der Waals surface area contributed by atoms with Gasteiger partial charge in [0, 0.05) is 29.9 Å². The highest BCUT2D eigenvalue weighted by molar-refractivity contribution is 5.90. The number of hydrogen-bond donors (Lipinski definition) is 2. The lowest BCUT2D eigenvalue weighted by atomic mass is 9.93. The Labute approximate surface area is 140 Å². The molecule has 0 saturated carbocycles. The van der Waals surface area contributed by atoms with Crippen molar-refractivity contribution in [2.75, 3.05) is 25.9 Å². The summed E-state index contributed by atoms with van der Waals surface area (Å²) in [4.78, 5) is 8.72. The minimum atomic E-state index is 0.454. The third-order valence-corrected chi connectivity index (χ3v) is 4.72. The quantitative estimate of drug-likeness (QED) is 0.774. The van der Waals surface area contributed by atoms with Crippen LogP contribution in [0.5, 0.6) is 5.75 Å². The first kappa shape index (κ1) is 15.0. The number of ether oxygens (including phenoxy) is 1. The van der Waals surface area contributed by atoms with Crippen LogP contribution in [-0.4, -0.2) is 34.7 Å². The smallest absolute Gasteiger partial charge is 0.151 e. The van der Waals surface area contributed by atoms with Crippen LogP contribution < -0.4 is 15.8 Å². The molecule has 3 aromatic rings. The van der Waals surface area contributed by atoms with Gasteiger partial charge in [0.2, 0.25) is 0 Å². The fraction of sp³-hybridized carbons (Fsp3) is 0.333. The van der Waals surface area contributed by atoms with Gasteiger partial charge in [0.1, 0.15) is 17.6 Å². The maximum Gasteiger partial charge on any atom is 0.151 e.